The van der Waals surface area contributed by atoms with Gasteiger partial charge in [-0.3, -0.25) is 14.7 Å². The van der Waals surface area contributed by atoms with Crippen LogP contribution in [0.1, 0.15) is 25.1 Å². The Balaban J connectivity index is 1.49. The zero-order valence-electron chi connectivity index (χ0n) is 18.9. The van der Waals surface area contributed by atoms with Crippen molar-refractivity contribution < 1.29 is 13.9 Å². The maximum atomic E-state index is 14.8. The number of rotatable bonds is 7. The number of amides is 1. The van der Waals surface area contributed by atoms with Gasteiger partial charge in [0.1, 0.15) is 18.2 Å². The van der Waals surface area contributed by atoms with Gasteiger partial charge in [-0.1, -0.05) is 6.42 Å². The van der Waals surface area contributed by atoms with Crippen LogP contribution in [0.25, 0.3) is 22.0 Å². The van der Waals surface area contributed by atoms with E-state index in [9.17, 15) is 9.18 Å². The summed E-state index contributed by atoms with van der Waals surface area (Å²) in [5, 5.41) is 3.40. The summed E-state index contributed by atoms with van der Waals surface area (Å²) in [5.41, 5.74) is 8.57. The molecule has 33 heavy (non-hydrogen) atoms. The fraction of sp³-hybridized carbons (Fsp3) is 0.417. The fourth-order valence-corrected chi connectivity index (χ4v) is 4.07. The van der Waals surface area contributed by atoms with Crippen molar-refractivity contribution in [1.29, 1.82) is 0 Å². The average Bonchev–Trinajstić information content (AvgIpc) is 2.81. The summed E-state index contributed by atoms with van der Waals surface area (Å²) in [7, 11) is 1.93. The first-order valence-corrected chi connectivity index (χ1v) is 11.1. The third kappa shape index (κ3) is 5.36. The maximum Gasteiger partial charge on any atom is 0.237 e. The largest absolute Gasteiger partial charge is 0.489 e. The summed E-state index contributed by atoms with van der Waals surface area (Å²) in [4.78, 5) is 27.3. The third-order valence-corrected chi connectivity index (χ3v) is 5.91. The Hall–Kier alpha value is -3.33. The molecule has 9 heteroatoms. The molecule has 1 saturated heterocycles. The minimum Gasteiger partial charge on any atom is -0.489 e. The van der Waals surface area contributed by atoms with E-state index in [2.05, 4.69) is 20.3 Å². The maximum absolute atomic E-state index is 14.8. The number of hydrogen-bond donors (Lipinski definition) is 2. The number of pyridine rings is 1. The number of alkyl halides is 1. The molecule has 4 rings (SSSR count). The van der Waals surface area contributed by atoms with E-state index in [0.29, 0.717) is 28.2 Å². The highest BCUT2D eigenvalue weighted by atomic mass is 19.1. The van der Waals surface area contributed by atoms with Gasteiger partial charge >= 0.3 is 0 Å². The monoisotopic (exact) mass is 452 g/mol. The predicted molar refractivity (Wildman–Crippen MR) is 126 cm³/mol. The van der Waals surface area contributed by atoms with Gasteiger partial charge in [-0.25, -0.2) is 14.4 Å². The van der Waals surface area contributed by atoms with Gasteiger partial charge in [0.2, 0.25) is 5.91 Å². The minimum absolute atomic E-state index is 0.114. The van der Waals surface area contributed by atoms with Gasteiger partial charge in [0, 0.05) is 28.9 Å². The molecule has 174 valence electrons. The molecular weight excluding hydrogens is 423 g/mol. The predicted octanol–water partition coefficient (Wildman–Crippen LogP) is 2.90. The Bertz CT molecular complexity index is 1120. The van der Waals surface area contributed by atoms with E-state index >= 15 is 0 Å². The number of aromatic nitrogens is 3. The van der Waals surface area contributed by atoms with Crippen LogP contribution in [0.3, 0.4) is 0 Å². The van der Waals surface area contributed by atoms with Crippen LogP contribution in [0.15, 0.2) is 36.8 Å². The fourth-order valence-electron chi connectivity index (χ4n) is 4.07. The van der Waals surface area contributed by atoms with E-state index < -0.39 is 6.17 Å². The van der Waals surface area contributed by atoms with E-state index in [1.807, 2.05) is 24.1 Å². The van der Waals surface area contributed by atoms with Crippen LogP contribution in [-0.4, -0.2) is 64.7 Å². The van der Waals surface area contributed by atoms with E-state index in [1.54, 1.807) is 31.6 Å². The van der Waals surface area contributed by atoms with Crippen LogP contribution in [0.5, 0.6) is 5.75 Å². The number of fused-ring (bicyclic) bond motifs is 1. The third-order valence-electron chi connectivity index (χ3n) is 5.91. The molecule has 0 bridgehead atoms. The van der Waals surface area contributed by atoms with Crippen molar-refractivity contribution in [2.45, 2.75) is 38.4 Å². The molecule has 1 amide bonds. The number of nitrogens with two attached hydrogens (primary N) is 1. The first-order chi connectivity index (χ1) is 15.9. The number of benzene rings is 1. The van der Waals surface area contributed by atoms with E-state index in [-0.39, 0.29) is 25.1 Å². The Morgan fingerprint density at radius 1 is 1.27 bits per heavy atom. The standard InChI is InChI=1S/C24H29FN6O2/c1-15-27-10-16(11-28-15)19-6-7-21-20(9-18(26)13-29-21)23(19)33-14-17(25)12-30-24(32)22-5-3-4-8-31(22)2/h6-7,9-11,13,17,22H,3-5,8,12,14,26H2,1-2H3,(H,30,32)/t17?,22-/m0/s1. The number of nitrogen functional groups attached to an aromatic ring is 1. The highest BCUT2D eigenvalue weighted by molar-refractivity contribution is 5.94. The van der Waals surface area contributed by atoms with Gasteiger partial charge in [0.05, 0.1) is 30.0 Å². The first-order valence-electron chi connectivity index (χ1n) is 11.1. The summed E-state index contributed by atoms with van der Waals surface area (Å²) >= 11 is 0. The van der Waals surface area contributed by atoms with Crippen molar-refractivity contribution in [2.24, 2.45) is 0 Å². The van der Waals surface area contributed by atoms with Crippen molar-refractivity contribution in [3.63, 3.8) is 0 Å². The Labute approximate surface area is 192 Å². The summed E-state index contributed by atoms with van der Waals surface area (Å²) in [6, 6.07) is 5.25. The molecule has 1 fully saturated rings. The molecule has 0 aliphatic carbocycles. The van der Waals surface area contributed by atoms with Crippen molar-refractivity contribution in [3.8, 4) is 16.9 Å². The summed E-state index contributed by atoms with van der Waals surface area (Å²) in [6.07, 6.45) is 6.47. The molecule has 2 atom stereocenters. The smallest absolute Gasteiger partial charge is 0.237 e. The molecular formula is C24H29FN6O2. The molecule has 1 unspecified atom stereocenters. The molecule has 3 aromatic rings. The number of ether oxygens (including phenoxy) is 1. The number of likely N-dealkylation sites (tertiary alicyclic amines) is 1. The van der Waals surface area contributed by atoms with E-state index in [1.165, 1.54) is 0 Å². The Morgan fingerprint density at radius 2 is 2.06 bits per heavy atom. The second-order valence-electron chi connectivity index (χ2n) is 8.44. The Morgan fingerprint density at radius 3 is 2.82 bits per heavy atom. The normalized spacial score (nSPS) is 17.6. The van der Waals surface area contributed by atoms with Crippen LogP contribution in [0, 0.1) is 6.92 Å². The van der Waals surface area contributed by atoms with Crippen molar-refractivity contribution in [3.05, 3.63) is 42.6 Å². The van der Waals surface area contributed by atoms with Crippen LogP contribution in [-0.2, 0) is 4.79 Å². The zero-order chi connectivity index (χ0) is 23.4. The quantitative estimate of drug-likeness (QED) is 0.568. The van der Waals surface area contributed by atoms with Gasteiger partial charge in [-0.15, -0.1) is 0 Å². The van der Waals surface area contributed by atoms with Gasteiger partial charge in [0.15, 0.2) is 6.17 Å². The van der Waals surface area contributed by atoms with Gasteiger partial charge < -0.3 is 15.8 Å². The van der Waals surface area contributed by atoms with Gasteiger partial charge in [-0.05, 0) is 51.6 Å². The number of halogens is 1. The number of aryl methyl sites for hydroxylation is 1. The average molecular weight is 453 g/mol. The molecule has 3 N–H and O–H groups in total. The van der Waals surface area contributed by atoms with Crippen molar-refractivity contribution >= 4 is 22.5 Å². The molecule has 0 radical (unpaired) electrons. The van der Waals surface area contributed by atoms with Crippen LogP contribution in [0.4, 0.5) is 10.1 Å². The van der Waals surface area contributed by atoms with Gasteiger partial charge in [-0.2, -0.15) is 0 Å². The minimum atomic E-state index is -1.38. The van der Waals surface area contributed by atoms with Crippen molar-refractivity contribution in [1.82, 2.24) is 25.2 Å². The van der Waals surface area contributed by atoms with Crippen LogP contribution in [0.2, 0.25) is 0 Å². The van der Waals surface area contributed by atoms with Crippen LogP contribution < -0.4 is 15.8 Å². The number of likely N-dealkylation sites (N-methyl/N-ethyl adjacent to an activating group) is 1. The molecule has 8 nitrogen and oxygen atoms in total. The number of carbonyl (C=O) groups is 1. The Kier molecular flexibility index (Phi) is 6.98. The molecule has 0 spiro atoms. The summed E-state index contributed by atoms with van der Waals surface area (Å²) in [5.74, 6) is 0.969. The molecule has 2 aromatic heterocycles. The number of anilines is 1. The number of hydrogen-bond acceptors (Lipinski definition) is 7. The highest BCUT2D eigenvalue weighted by Crippen LogP contribution is 2.36. The number of carbonyl (C=O) groups excluding carboxylic acids is 1. The summed E-state index contributed by atoms with van der Waals surface area (Å²) < 4.78 is 20.7. The first kappa shape index (κ1) is 22.8. The molecule has 0 saturated carbocycles. The summed E-state index contributed by atoms with van der Waals surface area (Å²) in [6.45, 7) is 2.34. The number of nitrogens with one attached hydrogen (secondary N) is 1. The SMILES string of the molecule is Cc1ncc(-c2ccc3ncc(N)cc3c2OCC(F)CNC(=O)[C@@H]2CCCCN2C)cn1. The van der Waals surface area contributed by atoms with Gasteiger partial charge in [0.25, 0.3) is 0 Å². The second kappa shape index (κ2) is 10.1. The molecule has 1 aliphatic heterocycles. The lowest BCUT2D eigenvalue weighted by Gasteiger charge is -2.31. The molecule has 3 heterocycles. The lowest BCUT2D eigenvalue weighted by atomic mass is 10.0. The second-order valence-corrected chi connectivity index (χ2v) is 8.44. The number of nitrogens with zero attached hydrogens (tertiary/aromatic N) is 4. The number of piperidine rings is 1. The lowest BCUT2D eigenvalue weighted by Crippen LogP contribution is -2.49. The highest BCUT2D eigenvalue weighted by Gasteiger charge is 2.26. The molecule has 1 aromatic carbocycles. The van der Waals surface area contributed by atoms with E-state index in [0.717, 1.165) is 36.9 Å². The zero-order valence-corrected chi connectivity index (χ0v) is 18.9. The molecule has 1 aliphatic rings. The lowest BCUT2D eigenvalue weighted by molar-refractivity contribution is -0.127. The van der Waals surface area contributed by atoms with E-state index in [4.69, 9.17) is 10.5 Å². The van der Waals surface area contributed by atoms with Crippen molar-refractivity contribution in [2.75, 3.05) is 32.5 Å². The van der Waals surface area contributed by atoms with Crippen LogP contribution >= 0.6 is 0 Å². The topological polar surface area (TPSA) is 106 Å².